The first-order chi connectivity index (χ1) is 15.2. The maximum Gasteiger partial charge on any atom is 0.123 e. The van der Waals surface area contributed by atoms with Gasteiger partial charge >= 0.3 is 0 Å². The molecule has 0 radical (unpaired) electrons. The number of aromatic amines is 1. The molecule has 6 heteroatoms. The van der Waals surface area contributed by atoms with E-state index in [0.29, 0.717) is 18.3 Å². The number of rotatable bonds is 7. The molecule has 4 aromatic rings. The number of pyridine rings is 1. The van der Waals surface area contributed by atoms with Crippen LogP contribution < -0.4 is 4.74 Å². The number of nitrogens with zero attached hydrogens (tertiary/aromatic N) is 3. The van der Waals surface area contributed by atoms with E-state index in [-0.39, 0.29) is 5.82 Å². The van der Waals surface area contributed by atoms with E-state index >= 15 is 0 Å². The molecule has 5 rings (SSSR count). The van der Waals surface area contributed by atoms with Gasteiger partial charge in [-0.05, 0) is 61.0 Å². The third-order valence-corrected chi connectivity index (χ3v) is 5.93. The Hall–Kier alpha value is -3.25. The van der Waals surface area contributed by atoms with Crippen molar-refractivity contribution in [3.8, 4) is 5.75 Å². The Balaban J connectivity index is 1.16. The summed E-state index contributed by atoms with van der Waals surface area (Å²) in [6.45, 7) is 3.53. The number of ether oxygens (including phenoxy) is 1. The largest absolute Gasteiger partial charge is 0.493 e. The standard InChI is InChI=1S/C25H25FN4O/c26-20-5-7-22(8-6-20)31-14-11-21-15-25(29-28-21)19-10-13-30(17-19)16-18-9-12-27-24-4-2-1-3-23(18)24/h1-9,12,15,19H,10-11,13-14,16-17H2,(H,28,29)/t19-/m0/s1. The maximum atomic E-state index is 13.0. The van der Waals surface area contributed by atoms with Crippen LogP contribution >= 0.6 is 0 Å². The second-order valence-electron chi connectivity index (χ2n) is 8.08. The van der Waals surface area contributed by atoms with Crippen LogP contribution in [0.4, 0.5) is 4.39 Å². The third-order valence-electron chi connectivity index (χ3n) is 5.93. The topological polar surface area (TPSA) is 54.0 Å². The van der Waals surface area contributed by atoms with Crippen molar-refractivity contribution in [1.29, 1.82) is 0 Å². The van der Waals surface area contributed by atoms with Gasteiger partial charge in [-0.15, -0.1) is 0 Å². The van der Waals surface area contributed by atoms with Crippen molar-refractivity contribution >= 4 is 10.9 Å². The number of likely N-dealkylation sites (tertiary alicyclic amines) is 1. The molecule has 158 valence electrons. The van der Waals surface area contributed by atoms with Crippen LogP contribution in [0.5, 0.6) is 5.75 Å². The Labute approximate surface area is 180 Å². The number of para-hydroxylation sites is 1. The second kappa shape index (κ2) is 8.86. The molecular weight excluding hydrogens is 391 g/mol. The molecule has 0 unspecified atom stereocenters. The van der Waals surface area contributed by atoms with E-state index in [9.17, 15) is 4.39 Å². The first kappa shape index (κ1) is 19.7. The van der Waals surface area contributed by atoms with Gasteiger partial charge in [-0.25, -0.2) is 4.39 Å². The molecule has 2 aromatic carbocycles. The molecule has 2 aromatic heterocycles. The van der Waals surface area contributed by atoms with E-state index in [1.54, 1.807) is 12.1 Å². The van der Waals surface area contributed by atoms with Crippen molar-refractivity contribution < 1.29 is 9.13 Å². The Kier molecular flexibility index (Phi) is 5.63. The van der Waals surface area contributed by atoms with E-state index in [4.69, 9.17) is 4.74 Å². The van der Waals surface area contributed by atoms with Gasteiger partial charge in [-0.3, -0.25) is 15.0 Å². The van der Waals surface area contributed by atoms with Crippen molar-refractivity contribution in [2.45, 2.75) is 25.3 Å². The van der Waals surface area contributed by atoms with Crippen LogP contribution in [-0.2, 0) is 13.0 Å². The summed E-state index contributed by atoms with van der Waals surface area (Å²) < 4.78 is 18.7. The van der Waals surface area contributed by atoms with Crippen LogP contribution in [0.2, 0.25) is 0 Å². The number of halogens is 1. The SMILES string of the molecule is Fc1ccc(OCCc2cc([C@H]3CCN(Cc4ccnc5ccccc45)C3)n[nH]2)cc1. The summed E-state index contributed by atoms with van der Waals surface area (Å²) in [6.07, 6.45) is 3.75. The molecule has 1 aliphatic rings. The number of fused-ring (bicyclic) bond motifs is 1. The van der Waals surface area contributed by atoms with Crippen molar-refractivity contribution in [2.75, 3.05) is 19.7 Å². The molecule has 5 nitrogen and oxygen atoms in total. The molecular formula is C25H25FN4O. The lowest BCUT2D eigenvalue weighted by Crippen LogP contribution is -2.20. The summed E-state index contributed by atoms with van der Waals surface area (Å²) in [5, 5.41) is 8.94. The fraction of sp³-hybridized carbons (Fsp3) is 0.280. The van der Waals surface area contributed by atoms with Gasteiger partial charge in [-0.1, -0.05) is 18.2 Å². The number of hydrogen-bond donors (Lipinski definition) is 1. The molecule has 1 atom stereocenters. The van der Waals surface area contributed by atoms with Crippen molar-refractivity contribution in [3.05, 3.63) is 89.6 Å². The summed E-state index contributed by atoms with van der Waals surface area (Å²) in [5.41, 5.74) is 4.57. The Bertz CT molecular complexity index is 1150. The number of benzene rings is 2. The maximum absolute atomic E-state index is 13.0. The molecule has 0 spiro atoms. The molecule has 1 saturated heterocycles. The quantitative estimate of drug-likeness (QED) is 0.474. The zero-order valence-corrected chi connectivity index (χ0v) is 17.3. The molecule has 1 N–H and O–H groups in total. The zero-order valence-electron chi connectivity index (χ0n) is 17.3. The van der Waals surface area contributed by atoms with Crippen molar-refractivity contribution in [1.82, 2.24) is 20.1 Å². The number of aromatic nitrogens is 3. The highest BCUT2D eigenvalue weighted by Gasteiger charge is 2.26. The van der Waals surface area contributed by atoms with E-state index in [0.717, 1.165) is 49.4 Å². The molecule has 0 aliphatic carbocycles. The van der Waals surface area contributed by atoms with E-state index < -0.39 is 0 Å². The molecule has 0 bridgehead atoms. The van der Waals surface area contributed by atoms with Crippen LogP contribution in [0.25, 0.3) is 10.9 Å². The number of nitrogens with one attached hydrogen (secondary N) is 1. The van der Waals surface area contributed by atoms with Gasteiger partial charge in [-0.2, -0.15) is 5.10 Å². The average Bonchev–Trinajstić information content (AvgIpc) is 3.45. The molecule has 1 fully saturated rings. The highest BCUT2D eigenvalue weighted by atomic mass is 19.1. The van der Waals surface area contributed by atoms with Gasteiger partial charge in [0.15, 0.2) is 0 Å². The van der Waals surface area contributed by atoms with E-state index in [2.05, 4.69) is 50.4 Å². The summed E-state index contributed by atoms with van der Waals surface area (Å²) in [5.74, 6) is 0.862. The Morgan fingerprint density at radius 2 is 1.97 bits per heavy atom. The molecule has 1 aliphatic heterocycles. The minimum absolute atomic E-state index is 0.256. The summed E-state index contributed by atoms with van der Waals surface area (Å²) in [4.78, 5) is 6.97. The molecule has 3 heterocycles. The number of hydrogen-bond acceptors (Lipinski definition) is 4. The normalized spacial score (nSPS) is 16.7. The summed E-state index contributed by atoms with van der Waals surface area (Å²) in [6, 6.07) is 18.7. The fourth-order valence-corrected chi connectivity index (χ4v) is 4.28. The van der Waals surface area contributed by atoms with Gasteiger partial charge in [0.05, 0.1) is 17.8 Å². The smallest absolute Gasteiger partial charge is 0.123 e. The average molecular weight is 417 g/mol. The predicted octanol–water partition coefficient (Wildman–Crippen LogP) is 4.71. The first-order valence-electron chi connectivity index (χ1n) is 10.7. The first-order valence-corrected chi connectivity index (χ1v) is 10.7. The van der Waals surface area contributed by atoms with Crippen molar-refractivity contribution in [3.63, 3.8) is 0 Å². The van der Waals surface area contributed by atoms with Gasteiger partial charge in [0.25, 0.3) is 0 Å². The Morgan fingerprint density at radius 3 is 2.87 bits per heavy atom. The highest BCUT2D eigenvalue weighted by Crippen LogP contribution is 2.28. The van der Waals surface area contributed by atoms with E-state index in [1.165, 1.54) is 23.1 Å². The lowest BCUT2D eigenvalue weighted by Gasteiger charge is -2.16. The summed E-state index contributed by atoms with van der Waals surface area (Å²) >= 11 is 0. The van der Waals surface area contributed by atoms with Crippen LogP contribution in [0.15, 0.2) is 66.9 Å². The zero-order chi connectivity index (χ0) is 21.0. The van der Waals surface area contributed by atoms with Crippen LogP contribution in [0.1, 0.15) is 29.3 Å². The minimum atomic E-state index is -0.256. The molecule has 0 saturated carbocycles. The van der Waals surface area contributed by atoms with Crippen LogP contribution in [0.3, 0.4) is 0 Å². The van der Waals surface area contributed by atoms with E-state index in [1.807, 2.05) is 12.3 Å². The van der Waals surface area contributed by atoms with Gasteiger partial charge in [0.1, 0.15) is 11.6 Å². The lowest BCUT2D eigenvalue weighted by atomic mass is 10.0. The van der Waals surface area contributed by atoms with Gasteiger partial charge < -0.3 is 4.74 Å². The van der Waals surface area contributed by atoms with Crippen LogP contribution in [-0.4, -0.2) is 39.8 Å². The minimum Gasteiger partial charge on any atom is -0.493 e. The predicted molar refractivity (Wildman–Crippen MR) is 119 cm³/mol. The van der Waals surface area contributed by atoms with Gasteiger partial charge in [0, 0.05) is 42.7 Å². The Morgan fingerprint density at radius 1 is 1.10 bits per heavy atom. The monoisotopic (exact) mass is 416 g/mol. The fourth-order valence-electron chi connectivity index (χ4n) is 4.28. The number of H-pyrrole nitrogens is 1. The molecule has 0 amide bonds. The van der Waals surface area contributed by atoms with Crippen LogP contribution in [0, 0.1) is 5.82 Å². The second-order valence-corrected chi connectivity index (χ2v) is 8.08. The summed E-state index contributed by atoms with van der Waals surface area (Å²) in [7, 11) is 0. The lowest BCUT2D eigenvalue weighted by molar-refractivity contribution is 0.320. The third kappa shape index (κ3) is 4.59. The van der Waals surface area contributed by atoms with Crippen molar-refractivity contribution in [2.24, 2.45) is 0 Å². The highest BCUT2D eigenvalue weighted by molar-refractivity contribution is 5.81. The molecule has 31 heavy (non-hydrogen) atoms. The van der Waals surface area contributed by atoms with Gasteiger partial charge in [0.2, 0.25) is 0 Å².